The Morgan fingerprint density at radius 1 is 0.413 bits per heavy atom. The second-order valence-corrected chi connectivity index (χ2v) is 21.0. The maximum atomic E-state index is 12.1. The first-order chi connectivity index (χ1) is 21.2. The molecule has 0 bridgehead atoms. The van der Waals surface area contributed by atoms with Crippen LogP contribution in [0.1, 0.15) is 13.8 Å². The van der Waals surface area contributed by atoms with Crippen molar-refractivity contribution in [2.45, 2.75) is 44.7 Å². The molecule has 4 aromatic carbocycles. The van der Waals surface area contributed by atoms with E-state index in [2.05, 4.69) is 0 Å². The molecule has 0 aliphatic rings. The molecule has 0 aromatic heterocycles. The number of benzene rings is 4. The van der Waals surface area contributed by atoms with E-state index < -0.39 is 87.2 Å². The Kier molecular flexibility index (Phi) is 10.6. The molecule has 246 valence electrons. The summed E-state index contributed by atoms with van der Waals surface area (Å²) in [6.45, 7) is 3.59. The van der Waals surface area contributed by atoms with Crippen molar-refractivity contribution in [3.63, 3.8) is 0 Å². The molecule has 0 spiro atoms. The molecule has 4 rings (SSSR count). The molecule has 0 amide bonds. The molecule has 0 unspecified atom stereocenters. The van der Waals surface area contributed by atoms with Crippen LogP contribution in [0.2, 0.25) is 0 Å². The van der Waals surface area contributed by atoms with E-state index in [-0.39, 0.29) is 0 Å². The van der Waals surface area contributed by atoms with Crippen LogP contribution in [0.15, 0.2) is 117 Å². The lowest BCUT2D eigenvalue weighted by Crippen LogP contribution is -2.32. The predicted molar refractivity (Wildman–Crippen MR) is 176 cm³/mol. The van der Waals surface area contributed by atoms with Crippen molar-refractivity contribution in [3.05, 3.63) is 97.1 Å². The lowest BCUT2D eigenvalue weighted by atomic mass is 10.3. The third-order valence-corrected chi connectivity index (χ3v) is 16.6. The van der Waals surface area contributed by atoms with E-state index in [1.807, 2.05) is 0 Å². The van der Waals surface area contributed by atoms with Gasteiger partial charge in [-0.2, -0.15) is 33.7 Å². The maximum absolute atomic E-state index is 12.1. The molecular weight excluding hydrogens is 719 g/mol. The summed E-state index contributed by atoms with van der Waals surface area (Å²) in [4.78, 5) is -1.64. The molecule has 0 saturated carbocycles. The van der Waals surface area contributed by atoms with Crippen LogP contribution < -0.4 is 21.2 Å². The normalized spacial score (nSPS) is 14.3. The lowest BCUT2D eigenvalue weighted by molar-refractivity contribution is 0.481. The highest BCUT2D eigenvalue weighted by atomic mass is 32.2. The molecule has 2 atom stereocenters. The van der Waals surface area contributed by atoms with Crippen molar-refractivity contribution in [1.82, 2.24) is 0 Å². The molecule has 18 heteroatoms. The van der Waals surface area contributed by atoms with Crippen molar-refractivity contribution >= 4 is 77.5 Å². The van der Waals surface area contributed by atoms with Crippen LogP contribution in [0.4, 0.5) is 0 Å². The van der Waals surface area contributed by atoms with Crippen LogP contribution in [-0.4, -0.2) is 63.2 Å². The van der Waals surface area contributed by atoms with Gasteiger partial charge in [0.1, 0.15) is 0 Å². The first-order valence-corrected chi connectivity index (χ1v) is 21.6. The van der Waals surface area contributed by atoms with Gasteiger partial charge in [0.15, 0.2) is 0 Å². The highest BCUT2D eigenvalue weighted by Gasteiger charge is 2.34. The van der Waals surface area contributed by atoms with Gasteiger partial charge in [0.25, 0.3) is 40.5 Å². The van der Waals surface area contributed by atoms with Gasteiger partial charge in [-0.1, -0.05) is 62.4 Å². The monoisotopic (exact) mass is 746 g/mol. The van der Waals surface area contributed by atoms with E-state index in [1.54, 1.807) is 38.1 Å². The topological polar surface area (TPSA) is 217 Å². The molecule has 0 heterocycles. The lowest BCUT2D eigenvalue weighted by Gasteiger charge is -2.36. The Labute approximate surface area is 270 Å². The van der Waals surface area contributed by atoms with Gasteiger partial charge in [-0.3, -0.25) is 18.2 Å². The van der Waals surface area contributed by atoms with Crippen LogP contribution in [0.3, 0.4) is 0 Å². The van der Waals surface area contributed by atoms with Gasteiger partial charge in [0, 0.05) is 0 Å². The molecule has 4 aromatic rings. The predicted octanol–water partition coefficient (Wildman–Crippen LogP) is 3.02. The third kappa shape index (κ3) is 8.45. The summed E-state index contributed by atoms with van der Waals surface area (Å²) in [6.07, 6.45) is 0. The van der Waals surface area contributed by atoms with Gasteiger partial charge in [0.05, 0.1) is 19.6 Å². The van der Waals surface area contributed by atoms with Gasteiger partial charge in [-0.15, -0.1) is 0 Å². The molecule has 0 aliphatic heterocycles. The van der Waals surface area contributed by atoms with Crippen molar-refractivity contribution in [3.8, 4) is 0 Å². The standard InChI is InChI=1S/C28H28O12P2S4/c1-19(41(21-7-3-11-25(15-21)43(29,30)31)22-8-4-12-26(16-22)44(32,33)34)20(2)42(23-9-5-13-27(17-23)45(35,36)37)24-10-6-14-28(18-24)46(38,39)40/h3-20H,1-2H3,(H,29,30,31)(H,32,33,34)(H,35,36,37)(H,38,39,40)/t19-,20-/m0/s1. The minimum atomic E-state index is -4.64. The number of rotatable bonds is 11. The zero-order valence-corrected chi connectivity index (χ0v) is 29.0. The SMILES string of the molecule is C[C@@H]([C@H](C)P(c1cccc(S(=O)(=O)O)c1)c1cccc(S(=O)(=O)O)c1)P(c1cccc(S(=O)(=O)O)c1)c1cccc(S(=O)(=O)O)c1. The fourth-order valence-corrected chi connectivity index (χ4v) is 13.5. The van der Waals surface area contributed by atoms with Gasteiger partial charge >= 0.3 is 0 Å². The van der Waals surface area contributed by atoms with Crippen LogP contribution in [0.5, 0.6) is 0 Å². The minimum Gasteiger partial charge on any atom is -0.282 e. The zero-order chi connectivity index (χ0) is 34.2. The van der Waals surface area contributed by atoms with Crippen molar-refractivity contribution in [2.75, 3.05) is 0 Å². The average Bonchev–Trinajstić information content (AvgIpc) is 2.96. The highest BCUT2D eigenvalue weighted by molar-refractivity contribution is 7.87. The first kappa shape index (κ1) is 36.2. The van der Waals surface area contributed by atoms with Crippen LogP contribution in [0, 0.1) is 0 Å². The quantitative estimate of drug-likeness (QED) is 0.129. The third-order valence-electron chi connectivity index (χ3n) is 7.09. The summed E-state index contributed by atoms with van der Waals surface area (Å²) < 4.78 is 135. The molecule has 0 saturated heterocycles. The average molecular weight is 747 g/mol. The zero-order valence-electron chi connectivity index (χ0n) is 24.0. The van der Waals surface area contributed by atoms with E-state index in [1.165, 1.54) is 72.8 Å². The molecule has 0 aliphatic carbocycles. The summed E-state index contributed by atoms with van der Waals surface area (Å²) >= 11 is 0. The van der Waals surface area contributed by atoms with E-state index in [4.69, 9.17) is 0 Å². The van der Waals surface area contributed by atoms with Crippen molar-refractivity contribution < 1.29 is 51.9 Å². The Hall–Kier alpha value is -2.62. The molecule has 4 N–H and O–H groups in total. The van der Waals surface area contributed by atoms with Crippen LogP contribution in [-0.2, 0) is 40.5 Å². The fourth-order valence-electron chi connectivity index (χ4n) is 4.85. The van der Waals surface area contributed by atoms with E-state index in [0.29, 0.717) is 21.2 Å². The summed E-state index contributed by atoms with van der Waals surface area (Å²) in [5.41, 5.74) is -1.03. The summed E-state index contributed by atoms with van der Waals surface area (Å²) in [6, 6.07) is 21.8. The minimum absolute atomic E-state index is 0.408. The molecule has 0 radical (unpaired) electrons. The van der Waals surface area contributed by atoms with E-state index in [9.17, 15) is 51.9 Å². The number of hydrogen-bond acceptors (Lipinski definition) is 8. The Balaban J connectivity index is 1.99. The Bertz CT molecular complexity index is 1910. The van der Waals surface area contributed by atoms with Gasteiger partial charge in [-0.25, -0.2) is 0 Å². The molecule has 12 nitrogen and oxygen atoms in total. The second-order valence-electron chi connectivity index (χ2n) is 10.1. The van der Waals surface area contributed by atoms with Gasteiger partial charge in [0.2, 0.25) is 0 Å². The summed E-state index contributed by atoms with van der Waals surface area (Å²) in [7, 11) is -22.0. The highest BCUT2D eigenvalue weighted by Crippen LogP contribution is 2.52. The first-order valence-electron chi connectivity index (χ1n) is 13.1. The van der Waals surface area contributed by atoms with Gasteiger partial charge in [-0.05, 0) is 96.9 Å². The summed E-state index contributed by atoms with van der Waals surface area (Å²) in [5.74, 6) is 0. The van der Waals surface area contributed by atoms with Crippen molar-refractivity contribution in [2.24, 2.45) is 0 Å². The molecular formula is C28H28O12P2S4. The number of hydrogen-bond donors (Lipinski definition) is 4. The van der Waals surface area contributed by atoms with Crippen LogP contribution >= 0.6 is 15.8 Å². The Morgan fingerprint density at radius 2 is 0.609 bits per heavy atom. The Morgan fingerprint density at radius 3 is 0.783 bits per heavy atom. The largest absolute Gasteiger partial charge is 0.294 e. The maximum Gasteiger partial charge on any atom is 0.294 e. The smallest absolute Gasteiger partial charge is 0.282 e. The van der Waals surface area contributed by atoms with E-state index >= 15 is 0 Å². The summed E-state index contributed by atoms with van der Waals surface area (Å²) in [5, 5.41) is 1.63. The second kappa shape index (κ2) is 13.5. The van der Waals surface area contributed by atoms with E-state index in [0.717, 1.165) is 0 Å². The molecule has 0 fully saturated rings. The fraction of sp³-hybridized carbons (Fsp3) is 0.143. The van der Waals surface area contributed by atoms with Gasteiger partial charge < -0.3 is 0 Å². The van der Waals surface area contributed by atoms with Crippen LogP contribution in [0.25, 0.3) is 0 Å². The van der Waals surface area contributed by atoms with Crippen molar-refractivity contribution in [1.29, 1.82) is 0 Å². The molecule has 46 heavy (non-hydrogen) atoms.